The molecule has 1 aromatic heterocycles. The minimum absolute atomic E-state index is 0.162. The maximum atomic E-state index is 12.9. The van der Waals surface area contributed by atoms with Crippen molar-refractivity contribution in [1.82, 2.24) is 14.7 Å². The quantitative estimate of drug-likeness (QED) is 0.828. The van der Waals surface area contributed by atoms with Gasteiger partial charge in [-0.2, -0.15) is 5.10 Å². The Bertz CT molecular complexity index is 523. The first-order valence-corrected chi connectivity index (χ1v) is 7.38. The zero-order valence-electron chi connectivity index (χ0n) is 12.7. The molecule has 0 saturated carbocycles. The number of carbonyl (C=O) groups is 1. The van der Waals surface area contributed by atoms with Gasteiger partial charge in [-0.3, -0.25) is 9.48 Å². The van der Waals surface area contributed by atoms with Gasteiger partial charge < -0.3 is 9.64 Å². The Balaban J connectivity index is 1.89. The van der Waals surface area contributed by atoms with Crippen molar-refractivity contribution in [2.24, 2.45) is 7.05 Å². The normalized spacial score (nSPS) is 29.0. The van der Waals surface area contributed by atoms with Gasteiger partial charge in [0.25, 0.3) is 5.91 Å². The van der Waals surface area contributed by atoms with Crippen LogP contribution in [0.1, 0.15) is 47.4 Å². The fourth-order valence-electron chi connectivity index (χ4n) is 3.86. The Morgan fingerprint density at radius 3 is 2.30 bits per heavy atom. The number of hydrogen-bond acceptors (Lipinski definition) is 3. The number of methoxy groups -OCH3 is 1. The van der Waals surface area contributed by atoms with E-state index in [9.17, 15) is 4.79 Å². The first-order chi connectivity index (χ1) is 9.52. The monoisotopic (exact) mass is 277 g/mol. The second-order valence-corrected chi connectivity index (χ2v) is 6.10. The van der Waals surface area contributed by atoms with Crippen molar-refractivity contribution in [1.29, 1.82) is 0 Å². The molecule has 5 nitrogen and oxygen atoms in total. The molecule has 3 rings (SSSR count). The number of fused-ring (bicyclic) bond motifs is 2. The van der Waals surface area contributed by atoms with E-state index in [-0.39, 0.29) is 5.91 Å². The third kappa shape index (κ3) is 1.95. The molecule has 2 aliphatic heterocycles. The van der Waals surface area contributed by atoms with Gasteiger partial charge in [-0.25, -0.2) is 0 Å². The molecule has 0 aliphatic carbocycles. The second kappa shape index (κ2) is 4.88. The predicted molar refractivity (Wildman–Crippen MR) is 75.7 cm³/mol. The highest BCUT2D eigenvalue weighted by Gasteiger charge is 2.44. The molecule has 0 N–H and O–H groups in total. The number of aromatic nitrogens is 2. The fraction of sp³-hybridized carbons (Fsp3) is 0.733. The van der Waals surface area contributed by atoms with E-state index in [1.165, 1.54) is 0 Å². The molecule has 110 valence electrons. The fourth-order valence-corrected chi connectivity index (χ4v) is 3.86. The lowest BCUT2D eigenvalue weighted by Crippen LogP contribution is -2.48. The highest BCUT2D eigenvalue weighted by atomic mass is 16.5. The standard InChI is InChI=1S/C15H23N3O2/c1-9-14(10(2)17(3)16-9)15(19)18-11-5-6-12(18)8-13(7-11)20-4/h11-13H,5-8H2,1-4H3. The third-order valence-electron chi connectivity index (χ3n) is 4.98. The number of piperidine rings is 1. The van der Waals surface area contributed by atoms with Crippen LogP contribution in [0, 0.1) is 13.8 Å². The number of carbonyl (C=O) groups excluding carboxylic acids is 1. The van der Waals surface area contributed by atoms with E-state index in [0.717, 1.165) is 42.6 Å². The number of aryl methyl sites for hydroxylation is 2. The minimum Gasteiger partial charge on any atom is -0.381 e. The molecular weight excluding hydrogens is 254 g/mol. The molecule has 2 fully saturated rings. The van der Waals surface area contributed by atoms with Crippen LogP contribution in [-0.2, 0) is 11.8 Å². The van der Waals surface area contributed by atoms with Crippen LogP contribution in [0.5, 0.6) is 0 Å². The van der Waals surface area contributed by atoms with E-state index in [0.29, 0.717) is 18.2 Å². The van der Waals surface area contributed by atoms with Crippen LogP contribution in [-0.4, -0.2) is 45.9 Å². The lowest BCUT2D eigenvalue weighted by atomic mass is 9.98. The molecule has 2 unspecified atom stereocenters. The summed E-state index contributed by atoms with van der Waals surface area (Å²) in [5.41, 5.74) is 2.59. The number of ether oxygens (including phenoxy) is 1. The van der Waals surface area contributed by atoms with Crippen LogP contribution >= 0.6 is 0 Å². The molecule has 2 bridgehead atoms. The third-order valence-corrected chi connectivity index (χ3v) is 4.98. The van der Waals surface area contributed by atoms with Crippen LogP contribution in [0.3, 0.4) is 0 Å². The summed E-state index contributed by atoms with van der Waals surface area (Å²) in [6.45, 7) is 3.89. The summed E-state index contributed by atoms with van der Waals surface area (Å²) in [7, 11) is 3.67. The Morgan fingerprint density at radius 1 is 1.25 bits per heavy atom. The molecule has 1 amide bonds. The van der Waals surface area contributed by atoms with Crippen molar-refractivity contribution < 1.29 is 9.53 Å². The van der Waals surface area contributed by atoms with Gasteiger partial charge in [0, 0.05) is 31.9 Å². The van der Waals surface area contributed by atoms with Crippen LogP contribution < -0.4 is 0 Å². The number of amides is 1. The van der Waals surface area contributed by atoms with E-state index in [4.69, 9.17) is 4.74 Å². The van der Waals surface area contributed by atoms with Gasteiger partial charge in [-0.05, 0) is 39.5 Å². The first kappa shape index (κ1) is 13.6. The molecular formula is C15H23N3O2. The zero-order chi connectivity index (χ0) is 14.4. The molecule has 5 heteroatoms. The van der Waals surface area contributed by atoms with Gasteiger partial charge in [0.05, 0.1) is 17.4 Å². The second-order valence-electron chi connectivity index (χ2n) is 6.10. The molecule has 1 aromatic rings. The van der Waals surface area contributed by atoms with E-state index in [1.807, 2.05) is 20.9 Å². The van der Waals surface area contributed by atoms with E-state index >= 15 is 0 Å². The van der Waals surface area contributed by atoms with Crippen molar-refractivity contribution >= 4 is 5.91 Å². The van der Waals surface area contributed by atoms with Crippen molar-refractivity contribution in [2.45, 2.75) is 57.7 Å². The van der Waals surface area contributed by atoms with Crippen LogP contribution in [0.2, 0.25) is 0 Å². The molecule has 0 aromatic carbocycles. The van der Waals surface area contributed by atoms with Gasteiger partial charge in [-0.15, -0.1) is 0 Å². The van der Waals surface area contributed by atoms with Crippen molar-refractivity contribution in [3.63, 3.8) is 0 Å². The zero-order valence-corrected chi connectivity index (χ0v) is 12.7. The lowest BCUT2D eigenvalue weighted by Gasteiger charge is -2.38. The predicted octanol–water partition coefficient (Wildman–Crippen LogP) is 1.82. The molecule has 0 spiro atoms. The number of rotatable bonds is 2. The lowest BCUT2D eigenvalue weighted by molar-refractivity contribution is 0.00815. The van der Waals surface area contributed by atoms with Crippen LogP contribution in [0.4, 0.5) is 0 Å². The van der Waals surface area contributed by atoms with Crippen molar-refractivity contribution in [3.05, 3.63) is 17.0 Å². The average molecular weight is 277 g/mol. The number of hydrogen-bond donors (Lipinski definition) is 0. The van der Waals surface area contributed by atoms with Crippen LogP contribution in [0.15, 0.2) is 0 Å². The van der Waals surface area contributed by atoms with Gasteiger partial charge in [-0.1, -0.05) is 0 Å². The minimum atomic E-state index is 0.162. The summed E-state index contributed by atoms with van der Waals surface area (Å²) in [6, 6.07) is 0.676. The van der Waals surface area contributed by atoms with E-state index < -0.39 is 0 Å². The molecule has 2 saturated heterocycles. The number of nitrogens with zero attached hydrogens (tertiary/aromatic N) is 3. The summed E-state index contributed by atoms with van der Waals surface area (Å²) >= 11 is 0. The summed E-state index contributed by atoms with van der Waals surface area (Å²) in [6.07, 6.45) is 4.46. The summed E-state index contributed by atoms with van der Waals surface area (Å²) < 4.78 is 7.30. The molecule has 20 heavy (non-hydrogen) atoms. The highest BCUT2D eigenvalue weighted by molar-refractivity contribution is 5.97. The summed E-state index contributed by atoms with van der Waals surface area (Å²) in [4.78, 5) is 15.0. The van der Waals surface area contributed by atoms with Gasteiger partial charge in [0.1, 0.15) is 0 Å². The largest absolute Gasteiger partial charge is 0.381 e. The summed E-state index contributed by atoms with van der Waals surface area (Å²) in [5, 5.41) is 4.37. The Hall–Kier alpha value is -1.36. The maximum absolute atomic E-state index is 12.9. The SMILES string of the molecule is COC1CC2CCC(C1)N2C(=O)c1c(C)nn(C)c1C. The van der Waals surface area contributed by atoms with Crippen molar-refractivity contribution in [2.75, 3.05) is 7.11 Å². The molecule has 2 aliphatic rings. The van der Waals surface area contributed by atoms with Crippen molar-refractivity contribution in [3.8, 4) is 0 Å². The smallest absolute Gasteiger partial charge is 0.258 e. The maximum Gasteiger partial charge on any atom is 0.258 e. The Morgan fingerprint density at radius 2 is 1.85 bits per heavy atom. The van der Waals surface area contributed by atoms with E-state index in [1.54, 1.807) is 11.8 Å². The van der Waals surface area contributed by atoms with Gasteiger partial charge in [0.2, 0.25) is 0 Å². The molecule has 0 radical (unpaired) electrons. The van der Waals surface area contributed by atoms with E-state index in [2.05, 4.69) is 10.00 Å². The van der Waals surface area contributed by atoms with Gasteiger partial charge in [0.15, 0.2) is 0 Å². The Labute approximate surface area is 119 Å². The molecule has 2 atom stereocenters. The highest BCUT2D eigenvalue weighted by Crippen LogP contribution is 2.38. The summed E-state index contributed by atoms with van der Waals surface area (Å²) in [5.74, 6) is 0.162. The Kier molecular flexibility index (Phi) is 3.32. The average Bonchev–Trinajstić information content (AvgIpc) is 2.82. The topological polar surface area (TPSA) is 47.4 Å². The van der Waals surface area contributed by atoms with Crippen LogP contribution in [0.25, 0.3) is 0 Å². The first-order valence-electron chi connectivity index (χ1n) is 7.38. The van der Waals surface area contributed by atoms with Gasteiger partial charge >= 0.3 is 0 Å². The molecule has 3 heterocycles.